The number of hydrogen-bond acceptors (Lipinski definition) is 4. The van der Waals surface area contributed by atoms with Gasteiger partial charge in [-0.1, -0.05) is 6.07 Å². The molecule has 4 nitrogen and oxygen atoms in total. The fraction of sp³-hybridized carbons (Fsp3) is 0.375. The topological polar surface area (TPSA) is 45.2 Å². The van der Waals surface area contributed by atoms with E-state index in [2.05, 4.69) is 21.7 Å². The fourth-order valence-electron chi connectivity index (χ4n) is 2.41. The molecule has 110 valence electrons. The van der Waals surface area contributed by atoms with Crippen molar-refractivity contribution in [3.8, 4) is 0 Å². The highest BCUT2D eigenvalue weighted by atomic mass is 32.1. The van der Waals surface area contributed by atoms with Crippen LogP contribution in [-0.2, 0) is 6.54 Å². The van der Waals surface area contributed by atoms with Crippen molar-refractivity contribution in [2.75, 3.05) is 12.4 Å². The third-order valence-corrected chi connectivity index (χ3v) is 4.47. The maximum absolute atomic E-state index is 12.8. The summed E-state index contributed by atoms with van der Waals surface area (Å²) in [6.07, 6.45) is 2.22. The van der Waals surface area contributed by atoms with Gasteiger partial charge >= 0.3 is 0 Å². The summed E-state index contributed by atoms with van der Waals surface area (Å²) in [7, 11) is 1.82. The van der Waals surface area contributed by atoms with Gasteiger partial charge < -0.3 is 10.2 Å². The predicted octanol–water partition coefficient (Wildman–Crippen LogP) is 3.30. The number of amides is 1. The van der Waals surface area contributed by atoms with Crippen molar-refractivity contribution in [1.82, 2.24) is 9.88 Å². The zero-order valence-corrected chi connectivity index (χ0v) is 13.1. The van der Waals surface area contributed by atoms with Crippen molar-refractivity contribution in [3.63, 3.8) is 0 Å². The molecule has 0 aliphatic heterocycles. The van der Waals surface area contributed by atoms with Gasteiger partial charge in [0.15, 0.2) is 0 Å². The summed E-state index contributed by atoms with van der Waals surface area (Å²) < 4.78 is 0. The van der Waals surface area contributed by atoms with Crippen molar-refractivity contribution in [2.24, 2.45) is 0 Å². The van der Waals surface area contributed by atoms with E-state index in [0.717, 1.165) is 29.9 Å². The van der Waals surface area contributed by atoms with Gasteiger partial charge in [-0.15, -0.1) is 11.3 Å². The molecule has 2 aromatic heterocycles. The monoisotopic (exact) mass is 301 g/mol. The molecule has 2 heterocycles. The van der Waals surface area contributed by atoms with E-state index < -0.39 is 0 Å². The molecule has 5 heteroatoms. The summed E-state index contributed by atoms with van der Waals surface area (Å²) in [5.41, 5.74) is 1.58. The molecule has 0 bridgehead atoms. The molecule has 0 atom stereocenters. The number of anilines is 1. The number of nitrogens with zero attached hydrogens (tertiary/aromatic N) is 2. The van der Waals surface area contributed by atoms with Crippen molar-refractivity contribution < 1.29 is 4.79 Å². The molecular weight excluding hydrogens is 282 g/mol. The zero-order chi connectivity index (χ0) is 14.8. The van der Waals surface area contributed by atoms with Crippen LogP contribution in [0.4, 0.5) is 5.82 Å². The molecule has 3 rings (SSSR count). The molecule has 1 aliphatic carbocycles. The highest BCUT2D eigenvalue weighted by Gasteiger charge is 2.33. The third kappa shape index (κ3) is 3.24. The van der Waals surface area contributed by atoms with Crippen LogP contribution in [0.2, 0.25) is 0 Å². The van der Waals surface area contributed by atoms with E-state index in [1.807, 2.05) is 37.1 Å². The lowest BCUT2D eigenvalue weighted by molar-refractivity contribution is 0.0731. The molecule has 1 N–H and O–H groups in total. The molecule has 1 aliphatic rings. The average Bonchev–Trinajstić information content (AvgIpc) is 3.20. The van der Waals surface area contributed by atoms with Gasteiger partial charge in [-0.05, 0) is 43.3 Å². The van der Waals surface area contributed by atoms with Crippen LogP contribution in [0.1, 0.15) is 33.8 Å². The lowest BCUT2D eigenvalue weighted by atomic mass is 10.2. The molecule has 0 unspecified atom stereocenters. The highest BCUT2D eigenvalue weighted by molar-refractivity contribution is 7.09. The first kappa shape index (κ1) is 14.1. The van der Waals surface area contributed by atoms with E-state index in [1.54, 1.807) is 11.3 Å². The highest BCUT2D eigenvalue weighted by Crippen LogP contribution is 2.31. The van der Waals surface area contributed by atoms with Crippen molar-refractivity contribution in [1.29, 1.82) is 0 Å². The Morgan fingerprint density at radius 2 is 2.29 bits per heavy atom. The Morgan fingerprint density at radius 3 is 2.90 bits per heavy atom. The summed E-state index contributed by atoms with van der Waals surface area (Å²) >= 11 is 1.70. The van der Waals surface area contributed by atoms with Gasteiger partial charge in [0.05, 0.1) is 6.54 Å². The maximum atomic E-state index is 12.8. The number of carbonyl (C=O) groups excluding carboxylic acids is 1. The van der Waals surface area contributed by atoms with Crippen molar-refractivity contribution >= 4 is 23.1 Å². The maximum Gasteiger partial charge on any atom is 0.254 e. The van der Waals surface area contributed by atoms with Crippen LogP contribution in [-0.4, -0.2) is 28.9 Å². The Kier molecular flexibility index (Phi) is 3.92. The molecule has 21 heavy (non-hydrogen) atoms. The summed E-state index contributed by atoms with van der Waals surface area (Å²) in [6, 6.07) is 8.22. The van der Waals surface area contributed by atoms with Crippen LogP contribution >= 0.6 is 11.3 Å². The molecule has 1 saturated carbocycles. The summed E-state index contributed by atoms with van der Waals surface area (Å²) in [6.45, 7) is 2.62. The first-order valence-corrected chi connectivity index (χ1v) is 8.05. The molecule has 0 spiro atoms. The number of aryl methyl sites for hydroxylation is 1. The smallest absolute Gasteiger partial charge is 0.254 e. The van der Waals surface area contributed by atoms with E-state index in [9.17, 15) is 4.79 Å². The van der Waals surface area contributed by atoms with Gasteiger partial charge in [0, 0.05) is 29.2 Å². The second kappa shape index (κ2) is 5.85. The number of hydrogen-bond donors (Lipinski definition) is 1. The summed E-state index contributed by atoms with van der Waals surface area (Å²) in [5.74, 6) is 0.845. The minimum Gasteiger partial charge on any atom is -0.373 e. The molecule has 0 radical (unpaired) electrons. The van der Waals surface area contributed by atoms with Crippen molar-refractivity contribution in [2.45, 2.75) is 32.4 Å². The van der Waals surface area contributed by atoms with Crippen molar-refractivity contribution in [3.05, 3.63) is 45.8 Å². The number of pyridine rings is 1. The quantitative estimate of drug-likeness (QED) is 0.921. The Morgan fingerprint density at radius 1 is 1.48 bits per heavy atom. The minimum atomic E-state index is 0.105. The summed E-state index contributed by atoms with van der Waals surface area (Å²) in [5, 5.41) is 5.07. The van der Waals surface area contributed by atoms with E-state index in [0.29, 0.717) is 12.6 Å². The molecule has 2 aromatic rings. The Balaban J connectivity index is 1.85. The Bertz CT molecular complexity index is 635. The predicted molar refractivity (Wildman–Crippen MR) is 85.7 cm³/mol. The van der Waals surface area contributed by atoms with E-state index in [-0.39, 0.29) is 5.91 Å². The lowest BCUT2D eigenvalue weighted by Crippen LogP contribution is -2.32. The standard InChI is InChI=1S/C16H19N3OS/c1-11-8-12(9-15(17-2)18-11)16(20)19(13-5-6-13)10-14-4-3-7-21-14/h3-4,7-9,13H,5-6,10H2,1-2H3,(H,17,18). The van der Waals surface area contributed by atoms with Gasteiger partial charge in [0.1, 0.15) is 5.82 Å². The minimum absolute atomic E-state index is 0.105. The number of nitrogens with one attached hydrogen (secondary N) is 1. The molecular formula is C16H19N3OS. The van der Waals surface area contributed by atoms with Gasteiger partial charge in [-0.25, -0.2) is 4.98 Å². The van der Waals surface area contributed by atoms with Crippen LogP contribution in [0, 0.1) is 6.92 Å². The second-order valence-corrected chi connectivity index (χ2v) is 6.41. The van der Waals surface area contributed by atoms with E-state index in [4.69, 9.17) is 0 Å². The van der Waals surface area contributed by atoms with Crippen LogP contribution in [0.25, 0.3) is 0 Å². The fourth-order valence-corrected chi connectivity index (χ4v) is 3.11. The third-order valence-electron chi connectivity index (χ3n) is 3.61. The van der Waals surface area contributed by atoms with Gasteiger partial charge in [0.25, 0.3) is 5.91 Å². The van der Waals surface area contributed by atoms with Gasteiger partial charge in [-0.3, -0.25) is 4.79 Å². The molecule has 1 fully saturated rings. The van der Waals surface area contributed by atoms with E-state index in [1.165, 1.54) is 4.88 Å². The zero-order valence-electron chi connectivity index (χ0n) is 12.3. The van der Waals surface area contributed by atoms with Crippen LogP contribution in [0.3, 0.4) is 0 Å². The number of aromatic nitrogens is 1. The normalized spacial score (nSPS) is 14.0. The Hall–Kier alpha value is -1.88. The average molecular weight is 301 g/mol. The molecule has 1 amide bonds. The Labute approximate surface area is 128 Å². The SMILES string of the molecule is CNc1cc(C(=O)N(Cc2cccs2)C2CC2)cc(C)n1. The van der Waals surface area contributed by atoms with Crippen LogP contribution in [0.15, 0.2) is 29.6 Å². The van der Waals surface area contributed by atoms with Crippen LogP contribution < -0.4 is 5.32 Å². The lowest BCUT2D eigenvalue weighted by Gasteiger charge is -2.22. The van der Waals surface area contributed by atoms with Crippen LogP contribution in [0.5, 0.6) is 0 Å². The first-order valence-electron chi connectivity index (χ1n) is 7.17. The molecule has 0 aromatic carbocycles. The summed E-state index contributed by atoms with van der Waals surface area (Å²) in [4.78, 5) is 20.4. The number of rotatable bonds is 5. The second-order valence-electron chi connectivity index (χ2n) is 5.38. The first-order chi connectivity index (χ1) is 10.2. The van der Waals surface area contributed by atoms with Gasteiger partial charge in [-0.2, -0.15) is 0 Å². The van der Waals surface area contributed by atoms with Gasteiger partial charge in [0.2, 0.25) is 0 Å². The largest absolute Gasteiger partial charge is 0.373 e. The molecule has 0 saturated heterocycles. The van der Waals surface area contributed by atoms with E-state index >= 15 is 0 Å². The number of thiophene rings is 1. The number of carbonyl (C=O) groups is 1.